The van der Waals surface area contributed by atoms with Crippen molar-refractivity contribution in [3.05, 3.63) is 75.1 Å². The quantitative estimate of drug-likeness (QED) is 0.749. The Labute approximate surface area is 141 Å². The number of amides is 1. The molecule has 25 heavy (non-hydrogen) atoms. The minimum Gasteiger partial charge on any atom is -0.322 e. The van der Waals surface area contributed by atoms with Crippen LogP contribution in [0.1, 0.15) is 27.9 Å². The van der Waals surface area contributed by atoms with Gasteiger partial charge < -0.3 is 10.3 Å². The summed E-state index contributed by atoms with van der Waals surface area (Å²) < 4.78 is 26.2. The predicted molar refractivity (Wildman–Crippen MR) is 90.9 cm³/mol. The summed E-state index contributed by atoms with van der Waals surface area (Å²) in [4.78, 5) is 27.2. The number of nitrogens with one attached hydrogen (secondary N) is 2. The van der Waals surface area contributed by atoms with Crippen molar-refractivity contribution in [2.24, 2.45) is 0 Å². The Bertz CT molecular complexity index is 1070. The lowest BCUT2D eigenvalue weighted by molar-refractivity contribution is 0.102. The van der Waals surface area contributed by atoms with E-state index < -0.39 is 17.5 Å². The van der Waals surface area contributed by atoms with Gasteiger partial charge in [-0.1, -0.05) is 6.07 Å². The van der Waals surface area contributed by atoms with Crippen molar-refractivity contribution in [1.29, 1.82) is 0 Å². The highest BCUT2D eigenvalue weighted by Gasteiger charge is 2.18. The molecular weight excluding hydrogens is 326 g/mol. The molecule has 1 aromatic heterocycles. The number of aryl methyl sites for hydroxylation is 1. The number of halogens is 2. The zero-order chi connectivity index (χ0) is 17.6. The van der Waals surface area contributed by atoms with Crippen LogP contribution in [0.15, 0.2) is 41.2 Å². The molecule has 0 atom stereocenters. The van der Waals surface area contributed by atoms with Gasteiger partial charge in [-0.15, -0.1) is 0 Å². The summed E-state index contributed by atoms with van der Waals surface area (Å²) in [6.07, 6.45) is 2.62. The summed E-state index contributed by atoms with van der Waals surface area (Å²) in [5.74, 6) is -2.64. The van der Waals surface area contributed by atoms with Crippen LogP contribution in [0, 0.1) is 11.6 Å². The molecule has 0 bridgehead atoms. The maximum atomic E-state index is 13.3. The van der Waals surface area contributed by atoms with Crippen molar-refractivity contribution >= 4 is 22.5 Å². The molecule has 2 N–H and O–H groups in total. The van der Waals surface area contributed by atoms with E-state index in [0.29, 0.717) is 11.2 Å². The van der Waals surface area contributed by atoms with Crippen molar-refractivity contribution in [2.75, 3.05) is 5.32 Å². The van der Waals surface area contributed by atoms with Gasteiger partial charge in [0.05, 0.1) is 5.52 Å². The summed E-state index contributed by atoms with van der Waals surface area (Å²) in [5.41, 5.74) is 2.94. The van der Waals surface area contributed by atoms with Gasteiger partial charge in [0.2, 0.25) is 0 Å². The molecule has 0 unspecified atom stereocenters. The number of pyridine rings is 1. The molecule has 2 aromatic carbocycles. The lowest BCUT2D eigenvalue weighted by Crippen LogP contribution is -2.14. The molecule has 0 radical (unpaired) electrons. The first-order valence-corrected chi connectivity index (χ1v) is 7.97. The van der Waals surface area contributed by atoms with E-state index in [1.54, 1.807) is 12.1 Å². The van der Waals surface area contributed by atoms with Gasteiger partial charge in [0.1, 0.15) is 0 Å². The third kappa shape index (κ3) is 2.69. The number of hydrogen-bond acceptors (Lipinski definition) is 2. The van der Waals surface area contributed by atoms with Crippen molar-refractivity contribution < 1.29 is 13.6 Å². The molecule has 126 valence electrons. The highest BCUT2D eigenvalue weighted by atomic mass is 19.2. The van der Waals surface area contributed by atoms with Crippen molar-refractivity contribution in [2.45, 2.75) is 19.3 Å². The molecule has 0 fully saturated rings. The second-order valence-electron chi connectivity index (χ2n) is 6.11. The number of H-pyrrole nitrogens is 1. The smallest absolute Gasteiger partial charge is 0.255 e. The number of carbonyl (C=O) groups is 1. The Kier molecular flexibility index (Phi) is 3.60. The van der Waals surface area contributed by atoms with Crippen LogP contribution < -0.4 is 10.9 Å². The molecule has 1 aliphatic rings. The molecule has 4 nitrogen and oxygen atoms in total. The SMILES string of the molecule is O=C(Nc1ccc2c3c(c(=O)[nH]c2c1)CCC3)c1ccc(F)c(F)c1. The second-order valence-corrected chi connectivity index (χ2v) is 6.11. The predicted octanol–water partition coefficient (Wildman–Crippen LogP) is 3.55. The van der Waals surface area contributed by atoms with E-state index in [4.69, 9.17) is 0 Å². The van der Waals surface area contributed by atoms with Gasteiger partial charge >= 0.3 is 0 Å². The Morgan fingerprint density at radius 3 is 2.60 bits per heavy atom. The molecule has 1 aliphatic carbocycles. The summed E-state index contributed by atoms with van der Waals surface area (Å²) in [6.45, 7) is 0. The number of fused-ring (bicyclic) bond motifs is 3. The van der Waals surface area contributed by atoms with Gasteiger partial charge in [0, 0.05) is 22.2 Å². The van der Waals surface area contributed by atoms with E-state index in [0.717, 1.165) is 47.9 Å². The zero-order valence-electron chi connectivity index (χ0n) is 13.2. The normalized spacial score (nSPS) is 13.0. The first kappa shape index (κ1) is 15.5. The van der Waals surface area contributed by atoms with E-state index in [-0.39, 0.29) is 11.1 Å². The van der Waals surface area contributed by atoms with Gasteiger partial charge in [0.15, 0.2) is 11.6 Å². The Balaban J connectivity index is 1.68. The largest absolute Gasteiger partial charge is 0.322 e. The van der Waals surface area contributed by atoms with Crippen molar-refractivity contribution in [3.63, 3.8) is 0 Å². The van der Waals surface area contributed by atoms with E-state index in [1.807, 2.05) is 6.07 Å². The lowest BCUT2D eigenvalue weighted by atomic mass is 10.1. The van der Waals surface area contributed by atoms with Crippen LogP contribution in [0.4, 0.5) is 14.5 Å². The number of carbonyl (C=O) groups excluding carboxylic acids is 1. The molecular formula is C19H14F2N2O2. The monoisotopic (exact) mass is 340 g/mol. The maximum absolute atomic E-state index is 13.3. The number of aromatic nitrogens is 1. The third-order valence-corrected chi connectivity index (χ3v) is 4.52. The van der Waals surface area contributed by atoms with Crippen LogP contribution in [-0.2, 0) is 12.8 Å². The zero-order valence-corrected chi connectivity index (χ0v) is 13.2. The minimum absolute atomic E-state index is 0.0152. The summed E-state index contributed by atoms with van der Waals surface area (Å²) in [5, 5.41) is 3.60. The molecule has 0 saturated carbocycles. The van der Waals surface area contributed by atoms with Gasteiger partial charge in [-0.25, -0.2) is 8.78 Å². The van der Waals surface area contributed by atoms with Crippen LogP contribution >= 0.6 is 0 Å². The number of hydrogen-bond donors (Lipinski definition) is 2. The number of aromatic amines is 1. The van der Waals surface area contributed by atoms with Crippen molar-refractivity contribution in [3.8, 4) is 0 Å². The number of rotatable bonds is 2. The van der Waals surface area contributed by atoms with Crippen LogP contribution in [0.5, 0.6) is 0 Å². The topological polar surface area (TPSA) is 62.0 Å². The van der Waals surface area contributed by atoms with Crippen molar-refractivity contribution in [1.82, 2.24) is 4.98 Å². The minimum atomic E-state index is -1.08. The van der Waals surface area contributed by atoms with E-state index in [9.17, 15) is 18.4 Å². The van der Waals surface area contributed by atoms with Crippen LogP contribution in [0.3, 0.4) is 0 Å². The fourth-order valence-corrected chi connectivity index (χ4v) is 3.32. The Morgan fingerprint density at radius 1 is 1.00 bits per heavy atom. The van der Waals surface area contributed by atoms with Crippen LogP contribution in [0.25, 0.3) is 10.9 Å². The average Bonchev–Trinajstić information content (AvgIpc) is 3.07. The third-order valence-electron chi connectivity index (χ3n) is 4.52. The fraction of sp³-hybridized carbons (Fsp3) is 0.158. The molecule has 4 rings (SSSR count). The maximum Gasteiger partial charge on any atom is 0.255 e. The van der Waals surface area contributed by atoms with Gasteiger partial charge in [0.25, 0.3) is 11.5 Å². The van der Waals surface area contributed by atoms with Gasteiger partial charge in [-0.05, 0) is 55.2 Å². The average molecular weight is 340 g/mol. The fourth-order valence-electron chi connectivity index (χ4n) is 3.32. The molecule has 1 amide bonds. The van der Waals surface area contributed by atoms with E-state index in [2.05, 4.69) is 10.3 Å². The highest BCUT2D eigenvalue weighted by Crippen LogP contribution is 2.27. The molecule has 0 spiro atoms. The number of benzene rings is 2. The Hall–Kier alpha value is -3.02. The lowest BCUT2D eigenvalue weighted by Gasteiger charge is -2.09. The highest BCUT2D eigenvalue weighted by molar-refractivity contribution is 6.05. The summed E-state index contributed by atoms with van der Waals surface area (Å²) in [7, 11) is 0. The summed E-state index contributed by atoms with van der Waals surface area (Å²) >= 11 is 0. The van der Waals surface area contributed by atoms with E-state index >= 15 is 0 Å². The van der Waals surface area contributed by atoms with E-state index in [1.165, 1.54) is 6.07 Å². The van der Waals surface area contributed by atoms with Crippen LogP contribution in [-0.4, -0.2) is 10.9 Å². The standard InChI is InChI=1S/C19H14F2N2O2/c20-15-7-4-10(8-16(15)21)18(24)22-11-5-6-13-12-2-1-3-14(12)19(25)23-17(13)9-11/h4-9H,1-3H2,(H,22,24)(H,23,25). The molecule has 6 heteroatoms. The van der Waals surface area contributed by atoms with Gasteiger partial charge in [-0.2, -0.15) is 0 Å². The first-order chi connectivity index (χ1) is 12.0. The molecule has 1 heterocycles. The molecule has 3 aromatic rings. The molecule has 0 saturated heterocycles. The number of anilines is 1. The van der Waals surface area contributed by atoms with Gasteiger partial charge in [-0.3, -0.25) is 9.59 Å². The second kappa shape index (κ2) is 5.81. The first-order valence-electron chi connectivity index (χ1n) is 7.97. The summed E-state index contributed by atoms with van der Waals surface area (Å²) in [6, 6.07) is 8.23. The van der Waals surface area contributed by atoms with Crippen LogP contribution in [0.2, 0.25) is 0 Å². The molecule has 0 aliphatic heterocycles. The Morgan fingerprint density at radius 2 is 1.80 bits per heavy atom.